The minimum absolute atomic E-state index is 0.0343. The molecule has 0 fully saturated rings. The average molecular weight is 959 g/mol. The van der Waals surface area contributed by atoms with Crippen molar-refractivity contribution in [3.8, 4) is 0 Å². The lowest BCUT2D eigenvalue weighted by Crippen LogP contribution is -2.03. The van der Waals surface area contributed by atoms with Crippen molar-refractivity contribution in [2.45, 2.75) is 25.7 Å². The molecule has 0 bridgehead atoms. The predicted octanol–water partition coefficient (Wildman–Crippen LogP) is 3.12. The highest BCUT2D eigenvalue weighted by atomic mass is 32.2. The van der Waals surface area contributed by atoms with Crippen molar-refractivity contribution in [1.29, 1.82) is 0 Å². The number of rotatable bonds is 31. The third-order valence-corrected chi connectivity index (χ3v) is 12.5. The minimum Gasteiger partial charge on any atom is -0.481 e. The molecular formula is C28H46O20S8. The van der Waals surface area contributed by atoms with E-state index in [2.05, 4.69) is 0 Å². The molecule has 0 atom stereocenters. The van der Waals surface area contributed by atoms with Crippen molar-refractivity contribution >= 4 is 154 Å². The van der Waals surface area contributed by atoms with Gasteiger partial charge in [-0.1, -0.05) is 0 Å². The van der Waals surface area contributed by atoms with Gasteiger partial charge in [-0.2, -0.15) is 35.3 Å². The summed E-state index contributed by atoms with van der Waals surface area (Å²) in [4.78, 5) is 99.6. The van der Waals surface area contributed by atoms with E-state index < -0.39 is 59.7 Å². The summed E-state index contributed by atoms with van der Waals surface area (Å²) in [5.74, 6) is -5.14. The van der Waals surface area contributed by atoms with E-state index in [1.165, 1.54) is 82.3 Å². The van der Waals surface area contributed by atoms with Gasteiger partial charge in [0.25, 0.3) is 0 Å². The van der Waals surface area contributed by atoms with E-state index in [4.69, 9.17) is 51.1 Å². The van der Waals surface area contributed by atoms with Gasteiger partial charge >= 0.3 is 59.7 Å². The molecule has 0 unspecified atom stereocenters. The SMILES string of the molecule is O=C(O)CCSCCC(=O)O.O=C(O)CCSCSCCC(=O)O.O=C(O)CSCC(=O)O.O=C(O)CSCCSCC(=O)O.O=C(O)CSCSCC(=O)O. The second-order valence-electron chi connectivity index (χ2n) is 8.90. The van der Waals surface area contributed by atoms with Gasteiger partial charge in [-0.05, 0) is 0 Å². The van der Waals surface area contributed by atoms with Crippen LogP contribution in [-0.2, 0) is 47.9 Å². The van der Waals surface area contributed by atoms with Gasteiger partial charge in [0.05, 0.1) is 60.2 Å². The van der Waals surface area contributed by atoms with Crippen LogP contribution in [0.2, 0.25) is 0 Å². The molecule has 0 rings (SSSR count). The maximum atomic E-state index is 10.1. The quantitative estimate of drug-likeness (QED) is 0.0352. The molecule has 0 saturated heterocycles. The molecule has 0 radical (unpaired) electrons. The van der Waals surface area contributed by atoms with Crippen LogP contribution in [0.4, 0.5) is 0 Å². The Hall–Kier alpha value is -2.50. The highest BCUT2D eigenvalue weighted by Gasteiger charge is 2.02. The fraction of sp³-hybridized carbons (Fsp3) is 0.643. The second kappa shape index (κ2) is 48.6. The summed E-state index contributed by atoms with van der Waals surface area (Å²) < 4.78 is 0. The Bertz CT molecular complexity index is 1030. The van der Waals surface area contributed by atoms with Gasteiger partial charge in [-0.3, -0.25) is 47.9 Å². The fourth-order valence-corrected chi connectivity index (χ4v) is 8.31. The molecule has 0 aromatic rings. The maximum absolute atomic E-state index is 10.1. The summed E-state index contributed by atoms with van der Waals surface area (Å²) in [5.41, 5.74) is 0. The van der Waals surface area contributed by atoms with Gasteiger partial charge in [-0.25, -0.2) is 0 Å². The summed E-state index contributed by atoms with van der Waals surface area (Å²) in [6.07, 6.45) is 0.545. The molecule has 10 N–H and O–H groups in total. The van der Waals surface area contributed by atoms with Gasteiger partial charge < -0.3 is 51.1 Å². The fourth-order valence-electron chi connectivity index (χ4n) is 1.90. The zero-order valence-electron chi connectivity index (χ0n) is 29.5. The Morgan fingerprint density at radius 2 is 0.446 bits per heavy atom. The molecule has 0 aliphatic rings. The first kappa shape index (κ1) is 62.7. The lowest BCUT2D eigenvalue weighted by atomic mass is 10.5. The van der Waals surface area contributed by atoms with Crippen LogP contribution in [0.1, 0.15) is 25.7 Å². The van der Waals surface area contributed by atoms with Crippen LogP contribution in [0.25, 0.3) is 0 Å². The first-order chi connectivity index (χ1) is 26.1. The second-order valence-corrected chi connectivity index (χ2v) is 18.2. The zero-order chi connectivity index (χ0) is 44.2. The Morgan fingerprint density at radius 3 is 0.696 bits per heavy atom. The van der Waals surface area contributed by atoms with Crippen LogP contribution in [0.3, 0.4) is 0 Å². The highest BCUT2D eigenvalue weighted by Crippen LogP contribution is 2.14. The number of carboxylic acid groups (broad SMARTS) is 10. The molecule has 0 aliphatic carbocycles. The van der Waals surface area contributed by atoms with Crippen LogP contribution in [0.15, 0.2) is 0 Å². The van der Waals surface area contributed by atoms with Crippen LogP contribution in [-0.4, -0.2) is 190 Å². The van der Waals surface area contributed by atoms with E-state index in [1.807, 2.05) is 0 Å². The van der Waals surface area contributed by atoms with E-state index in [-0.39, 0.29) is 60.2 Å². The smallest absolute Gasteiger partial charge is 0.313 e. The first-order valence-corrected chi connectivity index (χ1v) is 24.2. The maximum Gasteiger partial charge on any atom is 0.313 e. The normalized spacial score (nSPS) is 9.50. The van der Waals surface area contributed by atoms with Crippen molar-refractivity contribution in [3.05, 3.63) is 0 Å². The van der Waals surface area contributed by atoms with Gasteiger partial charge in [0.15, 0.2) is 0 Å². The summed E-state index contributed by atoms with van der Waals surface area (Å²) in [7, 11) is 0. The molecule has 0 saturated carbocycles. The molecule has 20 nitrogen and oxygen atoms in total. The lowest BCUT2D eigenvalue weighted by Gasteiger charge is -1.98. The van der Waals surface area contributed by atoms with E-state index in [0.29, 0.717) is 39.6 Å². The molecule has 0 spiro atoms. The first-order valence-electron chi connectivity index (χ1n) is 14.9. The van der Waals surface area contributed by atoms with E-state index >= 15 is 0 Å². The van der Waals surface area contributed by atoms with Crippen molar-refractivity contribution in [2.24, 2.45) is 0 Å². The van der Waals surface area contributed by atoms with Gasteiger partial charge in [0, 0.05) is 44.7 Å². The molecule has 0 amide bonds. The molecular weight excluding hydrogens is 913 g/mol. The minimum atomic E-state index is -0.985. The predicted molar refractivity (Wildman–Crippen MR) is 224 cm³/mol. The Morgan fingerprint density at radius 1 is 0.232 bits per heavy atom. The number of thioether (sulfide) groups is 8. The van der Waals surface area contributed by atoms with Crippen molar-refractivity contribution in [1.82, 2.24) is 0 Å². The van der Waals surface area contributed by atoms with E-state index in [1.54, 1.807) is 0 Å². The van der Waals surface area contributed by atoms with Crippen molar-refractivity contribution in [2.75, 3.05) is 79.2 Å². The molecule has 0 aromatic heterocycles. The van der Waals surface area contributed by atoms with Crippen LogP contribution < -0.4 is 0 Å². The van der Waals surface area contributed by atoms with Gasteiger partial charge in [0.2, 0.25) is 0 Å². The van der Waals surface area contributed by atoms with Crippen molar-refractivity contribution in [3.63, 3.8) is 0 Å². The molecule has 0 heterocycles. The Balaban J connectivity index is -0.000000194. The van der Waals surface area contributed by atoms with Crippen LogP contribution in [0, 0.1) is 0 Å². The van der Waals surface area contributed by atoms with E-state index in [9.17, 15) is 47.9 Å². The number of hydrogen-bond donors (Lipinski definition) is 10. The number of hydrogen-bond acceptors (Lipinski definition) is 18. The zero-order valence-corrected chi connectivity index (χ0v) is 36.1. The average Bonchev–Trinajstić information content (AvgIpc) is 3.05. The lowest BCUT2D eigenvalue weighted by molar-refractivity contribution is -0.137. The van der Waals surface area contributed by atoms with Crippen molar-refractivity contribution < 1.29 is 99.0 Å². The summed E-state index contributed by atoms with van der Waals surface area (Å²) in [6.45, 7) is 0. The summed E-state index contributed by atoms with van der Waals surface area (Å²) in [6, 6.07) is 0. The molecule has 0 aliphatic heterocycles. The third-order valence-electron chi connectivity index (χ3n) is 3.90. The Labute approximate surface area is 355 Å². The van der Waals surface area contributed by atoms with Crippen LogP contribution >= 0.6 is 94.1 Å². The van der Waals surface area contributed by atoms with Gasteiger partial charge in [-0.15, -0.1) is 58.8 Å². The molecule has 28 heteroatoms. The van der Waals surface area contributed by atoms with E-state index in [0.717, 1.165) is 16.8 Å². The Kier molecular flexibility index (Phi) is 54.5. The molecule has 56 heavy (non-hydrogen) atoms. The molecule has 0 aromatic carbocycles. The third kappa shape index (κ3) is 88.6. The van der Waals surface area contributed by atoms with Gasteiger partial charge in [0.1, 0.15) is 0 Å². The molecule has 326 valence electrons. The highest BCUT2D eigenvalue weighted by molar-refractivity contribution is 8.16. The summed E-state index contributed by atoms with van der Waals surface area (Å²) in [5, 5.41) is 83.1. The largest absolute Gasteiger partial charge is 0.481 e. The topological polar surface area (TPSA) is 373 Å². The standard InChI is InChI=1S/C7H12O4S2.C6H10O4S2.C6H10O4S.C5H8O4S2.C4H6O4S/c8-6(9)1-3-12-5-13-4-2-7(10)11;7-5(8)3-11-1-2-12-4-6(9)10;7-5(8)1-3-11-4-2-6(9)10;6-4(7)1-10-3-11-2-5(8)9;5-3(6)1-9-2-4(7)8/h1-5H2,(H,8,9)(H,10,11);1-4H2,(H,7,8)(H,9,10);1-4H2,(H,7,8)(H,9,10);1-3H2,(H,6,7)(H,8,9);1-2H2,(H,5,6)(H,7,8). The number of carbonyl (C=O) groups is 10. The number of aliphatic carboxylic acids is 10. The monoisotopic (exact) mass is 958 g/mol. The summed E-state index contributed by atoms with van der Waals surface area (Å²) >= 11 is 10.3. The van der Waals surface area contributed by atoms with Crippen LogP contribution in [0.5, 0.6) is 0 Å². The number of carboxylic acids is 10.